The van der Waals surface area contributed by atoms with E-state index in [4.69, 9.17) is 10.2 Å². The Kier molecular flexibility index (Phi) is 3.47. The van der Waals surface area contributed by atoms with Crippen LogP contribution in [0.3, 0.4) is 0 Å². The fourth-order valence-electron chi connectivity index (χ4n) is 0.610. The van der Waals surface area contributed by atoms with Crippen LogP contribution in [-0.4, -0.2) is 42.7 Å². The molecule has 1 atom stereocenters. The first-order valence-electron chi connectivity index (χ1n) is 2.89. The van der Waals surface area contributed by atoms with Crippen LogP contribution < -0.4 is 0 Å². The van der Waals surface area contributed by atoms with Crippen LogP contribution >= 0.6 is 0 Å². The smallest absolute Gasteiger partial charge is 0.306 e. The molecule has 2 N–H and O–H groups in total. The zero-order chi connectivity index (χ0) is 9.07. The molecule has 11 heavy (non-hydrogen) atoms. The maximum absolute atomic E-state index is 10.5. The van der Waals surface area contributed by atoms with Gasteiger partial charge in [-0.2, -0.15) is 0 Å². The molecule has 0 aromatic carbocycles. The molecule has 0 saturated carbocycles. The van der Waals surface area contributed by atoms with Crippen LogP contribution in [-0.2, 0) is 14.6 Å². The van der Waals surface area contributed by atoms with Crippen molar-refractivity contribution in [1.82, 2.24) is 0 Å². The minimum absolute atomic E-state index is 0.501. The topological polar surface area (TPSA) is 91.7 Å². The first kappa shape index (κ1) is 10.4. The van der Waals surface area contributed by atoms with Gasteiger partial charge in [-0.25, -0.2) is 8.42 Å². The van der Waals surface area contributed by atoms with E-state index >= 15 is 0 Å². The van der Waals surface area contributed by atoms with Gasteiger partial charge in [-0.3, -0.25) is 4.79 Å². The molecular weight excluding hydrogens is 172 g/mol. The highest BCUT2D eigenvalue weighted by Gasteiger charge is 2.14. The SMILES string of the molecule is CS(=O)(=O)C[C@@H](O)CC(=O)O. The van der Waals surface area contributed by atoms with Crippen molar-refractivity contribution in [3.05, 3.63) is 0 Å². The molecular formula is C5H10O5S. The van der Waals surface area contributed by atoms with Crippen LogP contribution in [0.4, 0.5) is 0 Å². The lowest BCUT2D eigenvalue weighted by Gasteiger charge is -2.04. The highest BCUT2D eigenvalue weighted by atomic mass is 32.2. The number of rotatable bonds is 4. The van der Waals surface area contributed by atoms with E-state index in [1.165, 1.54) is 0 Å². The van der Waals surface area contributed by atoms with Crippen molar-refractivity contribution in [2.45, 2.75) is 12.5 Å². The third-order valence-corrected chi connectivity index (χ3v) is 1.90. The zero-order valence-electron chi connectivity index (χ0n) is 6.02. The average molecular weight is 182 g/mol. The number of aliphatic hydroxyl groups is 1. The van der Waals surface area contributed by atoms with Crippen LogP contribution in [0.2, 0.25) is 0 Å². The summed E-state index contributed by atoms with van der Waals surface area (Å²) in [7, 11) is -3.28. The molecule has 0 bridgehead atoms. The monoisotopic (exact) mass is 182 g/mol. The molecule has 0 rings (SSSR count). The average Bonchev–Trinajstić information content (AvgIpc) is 1.53. The van der Waals surface area contributed by atoms with Gasteiger partial charge in [0.15, 0.2) is 0 Å². The van der Waals surface area contributed by atoms with Crippen molar-refractivity contribution in [3.8, 4) is 0 Å². The van der Waals surface area contributed by atoms with E-state index in [-0.39, 0.29) is 0 Å². The number of aliphatic carboxylic acids is 1. The summed E-state index contributed by atoms with van der Waals surface area (Å²) >= 11 is 0. The molecule has 0 saturated heterocycles. The summed E-state index contributed by atoms with van der Waals surface area (Å²) < 4.78 is 20.9. The number of hydrogen-bond acceptors (Lipinski definition) is 4. The molecule has 0 aromatic heterocycles. The maximum atomic E-state index is 10.5. The van der Waals surface area contributed by atoms with E-state index in [1.807, 2.05) is 0 Å². The second-order valence-electron chi connectivity index (χ2n) is 2.34. The van der Waals surface area contributed by atoms with E-state index in [0.29, 0.717) is 0 Å². The van der Waals surface area contributed by atoms with Gasteiger partial charge in [0.25, 0.3) is 0 Å². The predicted molar refractivity (Wildman–Crippen MR) is 38.0 cm³/mol. The van der Waals surface area contributed by atoms with E-state index in [2.05, 4.69) is 0 Å². The lowest BCUT2D eigenvalue weighted by Crippen LogP contribution is -2.22. The highest BCUT2D eigenvalue weighted by molar-refractivity contribution is 7.90. The summed E-state index contributed by atoms with van der Waals surface area (Å²) in [6, 6.07) is 0. The molecule has 0 aromatic rings. The molecule has 0 heterocycles. The highest BCUT2D eigenvalue weighted by Crippen LogP contribution is 1.95. The lowest BCUT2D eigenvalue weighted by molar-refractivity contribution is -0.138. The summed E-state index contributed by atoms with van der Waals surface area (Å²) in [6.45, 7) is 0. The van der Waals surface area contributed by atoms with Gasteiger partial charge in [-0.15, -0.1) is 0 Å². The zero-order valence-corrected chi connectivity index (χ0v) is 6.84. The largest absolute Gasteiger partial charge is 0.481 e. The van der Waals surface area contributed by atoms with E-state index in [0.717, 1.165) is 6.26 Å². The molecule has 0 amide bonds. The summed E-state index contributed by atoms with van der Waals surface area (Å²) in [5, 5.41) is 16.9. The second kappa shape index (κ2) is 3.68. The molecule has 0 aliphatic carbocycles. The van der Waals surface area contributed by atoms with E-state index in [9.17, 15) is 13.2 Å². The van der Waals surface area contributed by atoms with Crippen LogP contribution in [0.1, 0.15) is 6.42 Å². The normalized spacial score (nSPS) is 14.4. The summed E-state index contributed by atoms with van der Waals surface area (Å²) in [4.78, 5) is 9.94. The number of carboxylic acids is 1. The molecule has 5 nitrogen and oxygen atoms in total. The third-order valence-electron chi connectivity index (χ3n) is 0.905. The minimum Gasteiger partial charge on any atom is -0.481 e. The summed E-state index contributed by atoms with van der Waals surface area (Å²) in [6.07, 6.45) is -0.895. The van der Waals surface area contributed by atoms with Gasteiger partial charge >= 0.3 is 5.97 Å². The molecule has 0 unspecified atom stereocenters. The Bertz CT molecular complexity index is 229. The van der Waals surface area contributed by atoms with Crippen molar-refractivity contribution >= 4 is 15.8 Å². The quantitative estimate of drug-likeness (QED) is 0.573. The van der Waals surface area contributed by atoms with Gasteiger partial charge in [-0.05, 0) is 0 Å². The number of aliphatic hydroxyl groups excluding tert-OH is 1. The molecule has 0 fully saturated rings. The minimum atomic E-state index is -3.28. The standard InChI is InChI=1S/C5H10O5S/c1-11(9,10)3-4(6)2-5(7)8/h4,6H,2-3H2,1H3,(H,7,8)/t4-/m0/s1. The Labute approximate surface area is 64.6 Å². The number of hydrogen-bond donors (Lipinski definition) is 2. The molecule has 0 spiro atoms. The Morgan fingerprint density at radius 2 is 2.00 bits per heavy atom. The number of carboxylic acid groups (broad SMARTS) is 1. The molecule has 0 aliphatic heterocycles. The van der Waals surface area contributed by atoms with Crippen LogP contribution in [0.25, 0.3) is 0 Å². The van der Waals surface area contributed by atoms with E-state index < -0.39 is 34.1 Å². The maximum Gasteiger partial charge on any atom is 0.306 e. The fraction of sp³-hybridized carbons (Fsp3) is 0.800. The Morgan fingerprint density at radius 1 is 1.55 bits per heavy atom. The fourth-order valence-corrected chi connectivity index (χ4v) is 1.43. The van der Waals surface area contributed by atoms with Crippen molar-refractivity contribution in [1.29, 1.82) is 0 Å². The first-order chi connectivity index (χ1) is 4.81. The van der Waals surface area contributed by atoms with Gasteiger partial charge in [0.05, 0.1) is 18.3 Å². The third kappa shape index (κ3) is 7.27. The Morgan fingerprint density at radius 3 is 2.27 bits per heavy atom. The number of carbonyl (C=O) groups is 1. The second-order valence-corrected chi connectivity index (χ2v) is 4.53. The summed E-state index contributed by atoms with van der Waals surface area (Å²) in [5.74, 6) is -1.71. The first-order valence-corrected chi connectivity index (χ1v) is 4.95. The van der Waals surface area contributed by atoms with Gasteiger partial charge in [-0.1, -0.05) is 0 Å². The van der Waals surface area contributed by atoms with Gasteiger partial charge in [0, 0.05) is 6.26 Å². The molecule has 0 radical (unpaired) electrons. The lowest BCUT2D eigenvalue weighted by atomic mass is 10.3. The number of sulfone groups is 1. The molecule has 66 valence electrons. The van der Waals surface area contributed by atoms with Crippen LogP contribution in [0.5, 0.6) is 0 Å². The summed E-state index contributed by atoms with van der Waals surface area (Å²) in [5.41, 5.74) is 0. The van der Waals surface area contributed by atoms with Crippen molar-refractivity contribution < 1.29 is 23.4 Å². The van der Waals surface area contributed by atoms with Crippen molar-refractivity contribution in [2.24, 2.45) is 0 Å². The van der Waals surface area contributed by atoms with Gasteiger partial charge in [0.1, 0.15) is 9.84 Å². The Hall–Kier alpha value is -0.620. The van der Waals surface area contributed by atoms with E-state index in [1.54, 1.807) is 0 Å². The Balaban J connectivity index is 3.89. The molecule has 0 aliphatic rings. The van der Waals surface area contributed by atoms with Gasteiger partial charge < -0.3 is 10.2 Å². The van der Waals surface area contributed by atoms with Gasteiger partial charge in [0.2, 0.25) is 0 Å². The van der Waals surface area contributed by atoms with Crippen molar-refractivity contribution in [3.63, 3.8) is 0 Å². The van der Waals surface area contributed by atoms with Crippen LogP contribution in [0.15, 0.2) is 0 Å². The van der Waals surface area contributed by atoms with Crippen molar-refractivity contribution in [2.75, 3.05) is 12.0 Å². The molecule has 6 heteroatoms. The van der Waals surface area contributed by atoms with Crippen LogP contribution in [0, 0.1) is 0 Å². The predicted octanol–water partition coefficient (Wildman–Crippen LogP) is -1.13.